The summed E-state index contributed by atoms with van der Waals surface area (Å²) >= 11 is 0. The van der Waals surface area contributed by atoms with Crippen LogP contribution in [0.15, 0.2) is 0 Å². The minimum absolute atomic E-state index is 0.105. The van der Waals surface area contributed by atoms with Crippen LogP contribution in [0.25, 0.3) is 0 Å². The van der Waals surface area contributed by atoms with Gasteiger partial charge in [0.2, 0.25) is 0 Å². The molecule has 0 rings (SSSR count). The molecular formula is C79H154O17P2. The van der Waals surface area contributed by atoms with E-state index in [0.717, 1.165) is 114 Å². The summed E-state index contributed by atoms with van der Waals surface area (Å²) in [7, 11) is -9.92. The Labute approximate surface area is 600 Å². The van der Waals surface area contributed by atoms with Gasteiger partial charge in [0.15, 0.2) is 12.2 Å². The van der Waals surface area contributed by atoms with Crippen LogP contribution in [0.2, 0.25) is 0 Å². The summed E-state index contributed by atoms with van der Waals surface area (Å²) in [6.45, 7) is 14.3. The Bertz CT molecular complexity index is 1920. The van der Waals surface area contributed by atoms with E-state index >= 15 is 0 Å². The van der Waals surface area contributed by atoms with Crippen LogP contribution in [0.4, 0.5) is 0 Å². The molecule has 0 spiro atoms. The van der Waals surface area contributed by atoms with Gasteiger partial charge in [-0.2, -0.15) is 0 Å². The van der Waals surface area contributed by atoms with E-state index in [9.17, 15) is 43.2 Å². The summed E-state index contributed by atoms with van der Waals surface area (Å²) in [5.74, 6) is 0.998. The van der Waals surface area contributed by atoms with Crippen LogP contribution in [0.5, 0.6) is 0 Å². The number of rotatable bonds is 76. The lowest BCUT2D eigenvalue weighted by Crippen LogP contribution is -2.30. The minimum atomic E-state index is -4.96. The smallest absolute Gasteiger partial charge is 0.462 e. The monoisotopic (exact) mass is 1440 g/mol. The van der Waals surface area contributed by atoms with E-state index in [1.165, 1.54) is 205 Å². The first-order chi connectivity index (χ1) is 47.1. The Kier molecular flexibility index (Phi) is 66.8. The Balaban J connectivity index is 5.26. The first kappa shape index (κ1) is 96.1. The molecule has 19 heteroatoms. The molecule has 0 bridgehead atoms. The molecule has 0 aromatic carbocycles. The first-order valence-corrected chi connectivity index (χ1v) is 43.7. The lowest BCUT2D eigenvalue weighted by Gasteiger charge is -2.21. The largest absolute Gasteiger partial charge is 0.472 e. The molecule has 582 valence electrons. The van der Waals surface area contributed by atoms with Gasteiger partial charge in [-0.1, -0.05) is 351 Å². The van der Waals surface area contributed by atoms with E-state index in [2.05, 4.69) is 55.4 Å². The Morgan fingerprint density at radius 2 is 0.490 bits per heavy atom. The number of phosphoric acid groups is 2. The van der Waals surface area contributed by atoms with Crippen LogP contribution in [0, 0.1) is 23.7 Å². The van der Waals surface area contributed by atoms with Crippen molar-refractivity contribution < 1.29 is 80.2 Å². The number of carbonyl (C=O) groups excluding carboxylic acids is 4. The SMILES string of the molecule is CCC(C)CCCCCCCCCCCCCCCCC(=O)OC[C@H](COP(=O)(O)OCC(O)COP(=O)(O)OC[C@@H](COC(=O)CCCCCCCCCCC(C)C)OC(=O)CCCCCCCCCCCCC(C)C)OC(=O)CCCCCCCCCCCCCCCC(C)C. The van der Waals surface area contributed by atoms with Gasteiger partial charge in [-0.25, -0.2) is 9.13 Å². The molecule has 0 heterocycles. The molecule has 0 aromatic heterocycles. The van der Waals surface area contributed by atoms with Gasteiger partial charge in [0.25, 0.3) is 0 Å². The van der Waals surface area contributed by atoms with E-state index in [1.54, 1.807) is 0 Å². The molecule has 0 radical (unpaired) electrons. The average molecular weight is 1440 g/mol. The zero-order valence-corrected chi connectivity index (χ0v) is 66.2. The van der Waals surface area contributed by atoms with E-state index in [4.69, 9.17) is 37.0 Å². The van der Waals surface area contributed by atoms with E-state index in [-0.39, 0.29) is 25.7 Å². The number of aliphatic hydroxyl groups is 1. The lowest BCUT2D eigenvalue weighted by molar-refractivity contribution is -0.161. The third kappa shape index (κ3) is 71.1. The average Bonchev–Trinajstić information content (AvgIpc) is 0.956. The third-order valence-electron chi connectivity index (χ3n) is 18.7. The molecule has 6 atom stereocenters. The highest BCUT2D eigenvalue weighted by atomic mass is 31.2. The second kappa shape index (κ2) is 68.2. The summed E-state index contributed by atoms with van der Waals surface area (Å²) in [5.41, 5.74) is 0. The molecule has 3 N–H and O–H groups in total. The van der Waals surface area contributed by atoms with Gasteiger partial charge in [0, 0.05) is 25.7 Å². The van der Waals surface area contributed by atoms with Crippen molar-refractivity contribution in [3.05, 3.63) is 0 Å². The number of hydrogen-bond donors (Lipinski definition) is 3. The third-order valence-corrected chi connectivity index (χ3v) is 20.6. The van der Waals surface area contributed by atoms with Crippen LogP contribution in [-0.4, -0.2) is 96.7 Å². The number of aliphatic hydroxyl groups excluding tert-OH is 1. The fourth-order valence-electron chi connectivity index (χ4n) is 12.0. The highest BCUT2D eigenvalue weighted by molar-refractivity contribution is 7.47. The van der Waals surface area contributed by atoms with E-state index in [0.29, 0.717) is 25.7 Å². The Morgan fingerprint density at radius 1 is 0.286 bits per heavy atom. The number of phosphoric ester groups is 2. The summed E-state index contributed by atoms with van der Waals surface area (Å²) in [5, 5.41) is 10.6. The molecule has 0 fully saturated rings. The van der Waals surface area contributed by atoms with Gasteiger partial charge < -0.3 is 33.8 Å². The normalized spacial score (nSPS) is 14.3. The summed E-state index contributed by atoms with van der Waals surface area (Å²) < 4.78 is 68.7. The Hall–Kier alpha value is -1.94. The van der Waals surface area contributed by atoms with Crippen LogP contribution in [-0.2, 0) is 65.4 Å². The first-order valence-electron chi connectivity index (χ1n) is 40.7. The fraction of sp³-hybridized carbons (Fsp3) is 0.949. The van der Waals surface area contributed by atoms with Crippen molar-refractivity contribution in [3.8, 4) is 0 Å². The summed E-state index contributed by atoms with van der Waals surface area (Å²) in [4.78, 5) is 73.0. The van der Waals surface area contributed by atoms with E-state index in [1.807, 2.05) is 0 Å². The van der Waals surface area contributed by atoms with Crippen molar-refractivity contribution in [1.82, 2.24) is 0 Å². The molecule has 17 nitrogen and oxygen atoms in total. The maximum Gasteiger partial charge on any atom is 0.472 e. The molecule has 0 saturated heterocycles. The highest BCUT2D eigenvalue weighted by Gasteiger charge is 2.30. The predicted octanol–water partition coefficient (Wildman–Crippen LogP) is 23.2. The predicted molar refractivity (Wildman–Crippen MR) is 400 cm³/mol. The molecule has 0 saturated carbocycles. The molecular weight excluding hydrogens is 1280 g/mol. The molecule has 4 unspecified atom stereocenters. The molecule has 0 aliphatic rings. The van der Waals surface area contributed by atoms with Gasteiger partial charge in [0.1, 0.15) is 19.3 Å². The zero-order chi connectivity index (χ0) is 72.4. The number of ether oxygens (including phenoxy) is 4. The van der Waals surface area contributed by atoms with Crippen molar-refractivity contribution >= 4 is 39.5 Å². The molecule has 0 aliphatic heterocycles. The quantitative estimate of drug-likeness (QED) is 0.0222. The maximum atomic E-state index is 13.1. The second-order valence-electron chi connectivity index (χ2n) is 30.1. The maximum absolute atomic E-state index is 13.1. The molecule has 98 heavy (non-hydrogen) atoms. The second-order valence-corrected chi connectivity index (χ2v) is 33.0. The van der Waals surface area contributed by atoms with Gasteiger partial charge >= 0.3 is 39.5 Å². The van der Waals surface area contributed by atoms with Crippen LogP contribution in [0.1, 0.15) is 402 Å². The van der Waals surface area contributed by atoms with Crippen molar-refractivity contribution in [2.45, 2.75) is 420 Å². The van der Waals surface area contributed by atoms with Gasteiger partial charge in [-0.05, 0) is 49.4 Å². The van der Waals surface area contributed by atoms with Crippen LogP contribution in [0.3, 0.4) is 0 Å². The topological polar surface area (TPSA) is 237 Å². The zero-order valence-electron chi connectivity index (χ0n) is 64.4. The van der Waals surface area contributed by atoms with Crippen molar-refractivity contribution in [2.75, 3.05) is 39.6 Å². The fourth-order valence-corrected chi connectivity index (χ4v) is 13.6. The van der Waals surface area contributed by atoms with Crippen molar-refractivity contribution in [1.29, 1.82) is 0 Å². The number of carbonyl (C=O) groups is 4. The van der Waals surface area contributed by atoms with Gasteiger partial charge in [-0.15, -0.1) is 0 Å². The molecule has 0 amide bonds. The molecule has 0 aromatic rings. The van der Waals surface area contributed by atoms with Gasteiger partial charge in [0.05, 0.1) is 26.4 Å². The lowest BCUT2D eigenvalue weighted by atomic mass is 9.99. The highest BCUT2D eigenvalue weighted by Crippen LogP contribution is 2.45. The number of hydrogen-bond acceptors (Lipinski definition) is 15. The number of unbranched alkanes of at least 4 members (excludes halogenated alkanes) is 41. The van der Waals surface area contributed by atoms with Gasteiger partial charge in [-0.3, -0.25) is 37.3 Å². The van der Waals surface area contributed by atoms with Crippen LogP contribution < -0.4 is 0 Å². The van der Waals surface area contributed by atoms with E-state index < -0.39 is 97.5 Å². The van der Waals surface area contributed by atoms with Crippen molar-refractivity contribution in [2.24, 2.45) is 23.7 Å². The van der Waals surface area contributed by atoms with Crippen molar-refractivity contribution in [3.63, 3.8) is 0 Å². The molecule has 0 aliphatic carbocycles. The number of esters is 4. The minimum Gasteiger partial charge on any atom is -0.462 e. The standard InChI is InChI=1S/C79H154O17P2/c1-9-72(8)58-50-42-34-25-18-14-10-11-15-19-26-35-43-51-59-76(81)89-65-74(95-78(83)61-53-45-37-27-20-16-12-13-17-23-31-39-47-55-69(2)3)67-93-97(85,86)91-63-73(80)64-92-98(87,88)94-68-75(66-90-77(82)60-52-44-36-30-29-33-41-49-57-71(6)7)96-79(84)62-54-46-38-28-22-21-24-32-40-48-56-70(4)5/h69-75,80H,9-68H2,1-8H3,(H,85,86)(H,87,88)/t72?,73?,74-,75-/m1/s1. The van der Waals surface area contributed by atoms with Crippen LogP contribution >= 0.6 is 15.6 Å². The Morgan fingerprint density at radius 3 is 0.724 bits per heavy atom. The summed E-state index contributed by atoms with van der Waals surface area (Å²) in [6.07, 6.45) is 54.0. The summed E-state index contributed by atoms with van der Waals surface area (Å²) in [6, 6.07) is 0.